The van der Waals surface area contributed by atoms with Crippen molar-refractivity contribution in [2.75, 3.05) is 13.1 Å². The summed E-state index contributed by atoms with van der Waals surface area (Å²) in [7, 11) is 0. The van der Waals surface area contributed by atoms with Gasteiger partial charge in [-0.05, 0) is 50.5 Å². The quantitative estimate of drug-likeness (QED) is 0.657. The van der Waals surface area contributed by atoms with Gasteiger partial charge in [-0.25, -0.2) is 0 Å². The van der Waals surface area contributed by atoms with Gasteiger partial charge in [0.05, 0.1) is 0 Å². The molecule has 3 nitrogen and oxygen atoms in total. The van der Waals surface area contributed by atoms with Gasteiger partial charge in [0.2, 0.25) is 5.91 Å². The number of hydrogen-bond acceptors (Lipinski definition) is 2. The Labute approximate surface area is 132 Å². The smallest absolute Gasteiger partial charge is 0.222 e. The lowest BCUT2D eigenvalue weighted by Gasteiger charge is -2.33. The molecule has 3 heteroatoms. The number of nitrogens with two attached hydrogens (primary N) is 1. The molecule has 0 aromatic rings. The lowest BCUT2D eigenvalue weighted by atomic mass is 9.76. The zero-order chi connectivity index (χ0) is 16.5. The Morgan fingerprint density at radius 2 is 1.81 bits per heavy atom. The van der Waals surface area contributed by atoms with E-state index in [4.69, 9.17) is 5.73 Å². The van der Waals surface area contributed by atoms with E-state index >= 15 is 0 Å². The Bertz CT molecular complexity index is 283. The van der Waals surface area contributed by atoms with Crippen LogP contribution < -0.4 is 5.73 Å². The van der Waals surface area contributed by atoms with E-state index in [1.54, 1.807) is 0 Å². The SMILES string of the molecule is CCCCN(C(=O)CCC(CCN)C(C)(C)C)C(C)CC. The van der Waals surface area contributed by atoms with Gasteiger partial charge in [-0.15, -0.1) is 0 Å². The molecule has 0 heterocycles. The summed E-state index contributed by atoms with van der Waals surface area (Å²) >= 11 is 0. The van der Waals surface area contributed by atoms with E-state index in [-0.39, 0.29) is 5.41 Å². The number of rotatable bonds is 10. The molecule has 0 fully saturated rings. The lowest BCUT2D eigenvalue weighted by molar-refractivity contribution is -0.133. The maximum atomic E-state index is 12.6. The van der Waals surface area contributed by atoms with Crippen molar-refractivity contribution in [3.05, 3.63) is 0 Å². The summed E-state index contributed by atoms with van der Waals surface area (Å²) in [6, 6.07) is 0.353. The molecule has 0 aromatic carbocycles. The van der Waals surface area contributed by atoms with Crippen LogP contribution in [0.3, 0.4) is 0 Å². The average Bonchev–Trinajstić information content (AvgIpc) is 2.42. The molecule has 0 aliphatic carbocycles. The van der Waals surface area contributed by atoms with Crippen molar-refractivity contribution >= 4 is 5.91 Å². The first-order valence-electron chi connectivity index (χ1n) is 8.77. The van der Waals surface area contributed by atoms with Crippen molar-refractivity contribution in [3.8, 4) is 0 Å². The monoisotopic (exact) mass is 298 g/mol. The highest BCUT2D eigenvalue weighted by molar-refractivity contribution is 5.76. The van der Waals surface area contributed by atoms with Crippen molar-refractivity contribution in [1.29, 1.82) is 0 Å². The minimum Gasteiger partial charge on any atom is -0.340 e. The Morgan fingerprint density at radius 1 is 1.19 bits per heavy atom. The number of carbonyl (C=O) groups excluding carboxylic acids is 1. The van der Waals surface area contributed by atoms with Crippen molar-refractivity contribution in [2.24, 2.45) is 17.1 Å². The fourth-order valence-corrected chi connectivity index (χ4v) is 2.79. The van der Waals surface area contributed by atoms with E-state index in [9.17, 15) is 4.79 Å². The van der Waals surface area contributed by atoms with Gasteiger partial charge in [0.15, 0.2) is 0 Å². The zero-order valence-electron chi connectivity index (χ0n) is 15.2. The number of unbranched alkanes of at least 4 members (excludes halogenated alkanes) is 1. The molecule has 0 radical (unpaired) electrons. The topological polar surface area (TPSA) is 46.3 Å². The summed E-state index contributed by atoms with van der Waals surface area (Å²) in [6.07, 6.45) is 5.89. The van der Waals surface area contributed by atoms with Crippen molar-refractivity contribution in [1.82, 2.24) is 4.90 Å². The second-order valence-corrected chi connectivity index (χ2v) is 7.38. The van der Waals surface area contributed by atoms with Crippen LogP contribution in [0.1, 0.15) is 80.1 Å². The van der Waals surface area contributed by atoms with Gasteiger partial charge in [0.1, 0.15) is 0 Å². The predicted molar refractivity (Wildman–Crippen MR) is 92.2 cm³/mol. The Hall–Kier alpha value is -0.570. The highest BCUT2D eigenvalue weighted by Crippen LogP contribution is 2.32. The van der Waals surface area contributed by atoms with E-state index in [2.05, 4.69) is 46.4 Å². The van der Waals surface area contributed by atoms with Gasteiger partial charge in [-0.2, -0.15) is 0 Å². The van der Waals surface area contributed by atoms with Crippen LogP contribution in [0.15, 0.2) is 0 Å². The van der Waals surface area contributed by atoms with Gasteiger partial charge < -0.3 is 10.6 Å². The number of hydrogen-bond donors (Lipinski definition) is 1. The van der Waals surface area contributed by atoms with Crippen LogP contribution in [0.5, 0.6) is 0 Å². The van der Waals surface area contributed by atoms with Gasteiger partial charge in [0, 0.05) is 19.0 Å². The van der Waals surface area contributed by atoms with Gasteiger partial charge in [0.25, 0.3) is 0 Å². The molecule has 0 bridgehead atoms. The fraction of sp³-hybridized carbons (Fsp3) is 0.944. The molecule has 0 spiro atoms. The molecule has 0 saturated heterocycles. The summed E-state index contributed by atoms with van der Waals surface area (Å²) < 4.78 is 0. The van der Waals surface area contributed by atoms with Crippen LogP contribution in [-0.2, 0) is 4.79 Å². The van der Waals surface area contributed by atoms with Gasteiger partial charge in [-0.1, -0.05) is 41.0 Å². The minimum absolute atomic E-state index is 0.226. The van der Waals surface area contributed by atoms with Crippen LogP contribution in [0, 0.1) is 11.3 Å². The van der Waals surface area contributed by atoms with Crippen molar-refractivity contribution in [3.63, 3.8) is 0 Å². The highest BCUT2D eigenvalue weighted by Gasteiger charge is 2.26. The normalized spacial score (nSPS) is 14.8. The van der Waals surface area contributed by atoms with Crippen LogP contribution in [0.25, 0.3) is 0 Å². The number of amides is 1. The third kappa shape index (κ3) is 7.85. The number of nitrogens with zero attached hydrogens (tertiary/aromatic N) is 1. The van der Waals surface area contributed by atoms with Crippen molar-refractivity contribution in [2.45, 2.75) is 86.1 Å². The molecule has 126 valence electrons. The van der Waals surface area contributed by atoms with Crippen LogP contribution in [-0.4, -0.2) is 29.9 Å². The average molecular weight is 299 g/mol. The summed E-state index contributed by atoms with van der Waals surface area (Å²) in [6.45, 7) is 14.9. The van der Waals surface area contributed by atoms with E-state index in [1.807, 2.05) is 0 Å². The second-order valence-electron chi connectivity index (χ2n) is 7.38. The van der Waals surface area contributed by atoms with Gasteiger partial charge >= 0.3 is 0 Å². The Kier molecular flexibility index (Phi) is 9.93. The minimum atomic E-state index is 0.226. The Morgan fingerprint density at radius 3 is 2.24 bits per heavy atom. The largest absolute Gasteiger partial charge is 0.340 e. The zero-order valence-corrected chi connectivity index (χ0v) is 15.2. The first-order valence-corrected chi connectivity index (χ1v) is 8.77. The molecule has 0 rings (SSSR count). The maximum Gasteiger partial charge on any atom is 0.222 e. The summed E-state index contributed by atoms with van der Waals surface area (Å²) in [5, 5.41) is 0. The molecular formula is C18H38N2O. The first-order chi connectivity index (χ1) is 9.77. The predicted octanol–water partition coefficient (Wildman–Crippen LogP) is 4.20. The fourth-order valence-electron chi connectivity index (χ4n) is 2.79. The summed E-state index contributed by atoms with van der Waals surface area (Å²) in [4.78, 5) is 14.7. The van der Waals surface area contributed by atoms with E-state index in [1.165, 1.54) is 0 Å². The molecular weight excluding hydrogens is 260 g/mol. The first kappa shape index (κ1) is 20.4. The lowest BCUT2D eigenvalue weighted by Crippen LogP contribution is -2.39. The molecule has 21 heavy (non-hydrogen) atoms. The highest BCUT2D eigenvalue weighted by atomic mass is 16.2. The molecule has 0 aromatic heterocycles. The van der Waals surface area contributed by atoms with E-state index in [0.717, 1.165) is 38.6 Å². The number of carbonyl (C=O) groups is 1. The standard InChI is InChI=1S/C18H38N2O/c1-7-9-14-20(15(3)8-2)17(21)11-10-16(12-13-19)18(4,5)6/h15-16H,7-14,19H2,1-6H3. The summed E-state index contributed by atoms with van der Waals surface area (Å²) in [5.74, 6) is 0.848. The molecule has 1 amide bonds. The molecule has 2 atom stereocenters. The molecule has 0 aliphatic heterocycles. The maximum absolute atomic E-state index is 12.6. The molecule has 2 unspecified atom stereocenters. The molecule has 0 aliphatic rings. The van der Waals surface area contributed by atoms with E-state index < -0.39 is 0 Å². The van der Waals surface area contributed by atoms with Crippen LogP contribution in [0.2, 0.25) is 0 Å². The molecule has 0 saturated carbocycles. The van der Waals surface area contributed by atoms with Gasteiger partial charge in [-0.3, -0.25) is 4.79 Å². The van der Waals surface area contributed by atoms with Crippen molar-refractivity contribution < 1.29 is 4.79 Å². The Balaban J connectivity index is 4.58. The van der Waals surface area contributed by atoms with E-state index in [0.29, 0.717) is 30.8 Å². The third-order valence-electron chi connectivity index (χ3n) is 4.64. The molecule has 2 N–H and O–H groups in total. The van der Waals surface area contributed by atoms with Crippen LogP contribution in [0.4, 0.5) is 0 Å². The summed E-state index contributed by atoms with van der Waals surface area (Å²) in [5.41, 5.74) is 5.96. The third-order valence-corrected chi connectivity index (χ3v) is 4.64. The second kappa shape index (κ2) is 10.2. The van der Waals surface area contributed by atoms with Crippen LogP contribution >= 0.6 is 0 Å².